The Kier molecular flexibility index (Phi) is 8.10. The summed E-state index contributed by atoms with van der Waals surface area (Å²) in [5, 5.41) is 25.0. The van der Waals surface area contributed by atoms with E-state index in [-0.39, 0.29) is 19.0 Å². The first-order valence-corrected chi connectivity index (χ1v) is 9.05. The third-order valence-electron chi connectivity index (χ3n) is 4.08. The van der Waals surface area contributed by atoms with Crippen LogP contribution in [0.3, 0.4) is 0 Å². The molecular weight excluding hydrogens is 368 g/mol. The van der Waals surface area contributed by atoms with Gasteiger partial charge in [0.15, 0.2) is 0 Å². The number of carbonyl (C=O) groups is 2. The van der Waals surface area contributed by atoms with E-state index in [4.69, 9.17) is 16.7 Å². The molecule has 0 aliphatic rings. The van der Waals surface area contributed by atoms with Crippen molar-refractivity contribution in [1.29, 1.82) is 0 Å². The first kappa shape index (κ1) is 20.7. The van der Waals surface area contributed by atoms with Crippen molar-refractivity contribution in [2.24, 2.45) is 0 Å². The van der Waals surface area contributed by atoms with Crippen LogP contribution in [0, 0.1) is 0 Å². The summed E-state index contributed by atoms with van der Waals surface area (Å²) in [7, 11) is 0. The molecule has 144 valence electrons. The van der Waals surface area contributed by atoms with Gasteiger partial charge in [0.2, 0.25) is 0 Å². The second kappa shape index (κ2) is 10.5. The third kappa shape index (κ3) is 7.68. The zero-order chi connectivity index (χ0) is 19.6. The van der Waals surface area contributed by atoms with Crippen molar-refractivity contribution in [2.45, 2.75) is 31.4 Å². The highest BCUT2D eigenvalue weighted by atomic mass is 35.5. The molecule has 2 rings (SSSR count). The number of hydrogen-bond acceptors (Lipinski definition) is 3. The topological polar surface area (TPSA) is 98.7 Å². The number of benzene rings is 2. The average molecular weight is 391 g/mol. The first-order valence-electron chi connectivity index (χ1n) is 8.67. The number of nitrogens with one attached hydrogen (secondary N) is 2. The van der Waals surface area contributed by atoms with E-state index in [9.17, 15) is 14.7 Å². The van der Waals surface area contributed by atoms with Crippen LogP contribution in [0.15, 0.2) is 54.6 Å². The van der Waals surface area contributed by atoms with Crippen LogP contribution < -0.4 is 10.6 Å². The molecule has 2 aromatic carbocycles. The van der Waals surface area contributed by atoms with Gasteiger partial charge in [-0.1, -0.05) is 54.1 Å². The Balaban J connectivity index is 1.87. The number of carbonyl (C=O) groups excluding carboxylic acids is 1. The van der Waals surface area contributed by atoms with Gasteiger partial charge in [-0.25, -0.2) is 4.79 Å². The van der Waals surface area contributed by atoms with Gasteiger partial charge in [-0.2, -0.15) is 0 Å². The summed E-state index contributed by atoms with van der Waals surface area (Å²) in [6.45, 7) is 0.0322. The normalized spacial score (nSPS) is 12.8. The number of urea groups is 1. The Labute approximate surface area is 163 Å². The molecule has 7 heteroatoms. The molecular formula is C20H23ClN2O4. The zero-order valence-electron chi connectivity index (χ0n) is 14.8. The molecule has 0 spiro atoms. The number of rotatable bonds is 9. The maximum atomic E-state index is 12.2. The Morgan fingerprint density at radius 1 is 1.04 bits per heavy atom. The Morgan fingerprint density at radius 3 is 2.33 bits per heavy atom. The average Bonchev–Trinajstić information content (AvgIpc) is 2.65. The van der Waals surface area contributed by atoms with E-state index >= 15 is 0 Å². The molecule has 0 radical (unpaired) electrons. The first-order chi connectivity index (χ1) is 12.9. The molecule has 2 amide bonds. The Bertz CT molecular complexity index is 737. The molecule has 0 saturated heterocycles. The lowest BCUT2D eigenvalue weighted by atomic mass is 10.0. The number of hydrogen-bond donors (Lipinski definition) is 4. The van der Waals surface area contributed by atoms with E-state index in [1.54, 1.807) is 24.3 Å². The molecule has 27 heavy (non-hydrogen) atoms. The number of aliphatic hydroxyl groups is 1. The standard InChI is InChI=1S/C20H23ClN2O4/c21-16-8-6-15(7-9-16)18(24)13-22-20(27)23-17(10-11-19(25)26)12-14-4-2-1-3-5-14/h1-9,17-18,24H,10-13H2,(H,25,26)(H2,22,23,27)/t17?,18-/m0/s1. The van der Waals surface area contributed by atoms with Crippen LogP contribution in [0.5, 0.6) is 0 Å². The number of amides is 2. The van der Waals surface area contributed by atoms with Crippen molar-refractivity contribution < 1.29 is 19.8 Å². The molecule has 4 N–H and O–H groups in total. The highest BCUT2D eigenvalue weighted by molar-refractivity contribution is 6.30. The Morgan fingerprint density at radius 2 is 1.70 bits per heavy atom. The molecule has 0 aromatic heterocycles. The lowest BCUT2D eigenvalue weighted by Crippen LogP contribution is -2.44. The van der Waals surface area contributed by atoms with Gasteiger partial charge in [-0.3, -0.25) is 4.79 Å². The predicted molar refractivity (Wildman–Crippen MR) is 104 cm³/mol. The van der Waals surface area contributed by atoms with Crippen LogP contribution in [-0.2, 0) is 11.2 Å². The van der Waals surface area contributed by atoms with Crippen LogP contribution in [0.4, 0.5) is 4.79 Å². The molecule has 0 bridgehead atoms. The number of carboxylic acids is 1. The van der Waals surface area contributed by atoms with E-state index in [2.05, 4.69) is 10.6 Å². The maximum Gasteiger partial charge on any atom is 0.315 e. The molecule has 0 fully saturated rings. The highest BCUT2D eigenvalue weighted by Gasteiger charge is 2.16. The minimum Gasteiger partial charge on any atom is -0.481 e. The monoisotopic (exact) mass is 390 g/mol. The fourth-order valence-corrected chi connectivity index (χ4v) is 2.78. The minimum atomic E-state index is -0.909. The quantitative estimate of drug-likeness (QED) is 0.528. The third-order valence-corrected chi connectivity index (χ3v) is 4.33. The van der Waals surface area contributed by atoms with Crippen LogP contribution >= 0.6 is 11.6 Å². The molecule has 0 aliphatic carbocycles. The van der Waals surface area contributed by atoms with E-state index in [1.165, 1.54) is 0 Å². The molecule has 1 unspecified atom stereocenters. The number of aliphatic carboxylic acids is 1. The highest BCUT2D eigenvalue weighted by Crippen LogP contribution is 2.15. The van der Waals surface area contributed by atoms with Gasteiger partial charge >= 0.3 is 12.0 Å². The minimum absolute atomic E-state index is 0.0322. The van der Waals surface area contributed by atoms with Gasteiger partial charge in [0.1, 0.15) is 0 Å². The number of halogens is 1. The van der Waals surface area contributed by atoms with E-state index < -0.39 is 18.1 Å². The van der Waals surface area contributed by atoms with E-state index in [1.807, 2.05) is 30.3 Å². The lowest BCUT2D eigenvalue weighted by Gasteiger charge is -2.20. The van der Waals surface area contributed by atoms with Gasteiger partial charge in [0.05, 0.1) is 6.10 Å². The van der Waals surface area contributed by atoms with Crippen molar-refractivity contribution in [3.63, 3.8) is 0 Å². The fourth-order valence-electron chi connectivity index (χ4n) is 2.65. The van der Waals surface area contributed by atoms with Gasteiger partial charge in [0.25, 0.3) is 0 Å². The van der Waals surface area contributed by atoms with Crippen LogP contribution in [0.1, 0.15) is 30.1 Å². The van der Waals surface area contributed by atoms with Crippen molar-refractivity contribution in [2.75, 3.05) is 6.54 Å². The maximum absolute atomic E-state index is 12.2. The van der Waals surface area contributed by atoms with Crippen molar-refractivity contribution in [3.8, 4) is 0 Å². The number of aliphatic hydroxyl groups excluding tert-OH is 1. The smallest absolute Gasteiger partial charge is 0.315 e. The van der Waals surface area contributed by atoms with Crippen molar-refractivity contribution >= 4 is 23.6 Å². The number of carboxylic acid groups (broad SMARTS) is 1. The summed E-state index contributed by atoms with van der Waals surface area (Å²) in [6, 6.07) is 15.5. The summed E-state index contributed by atoms with van der Waals surface area (Å²) in [5.74, 6) is -0.909. The summed E-state index contributed by atoms with van der Waals surface area (Å²) in [4.78, 5) is 23.0. The summed E-state index contributed by atoms with van der Waals surface area (Å²) in [5.41, 5.74) is 1.65. The zero-order valence-corrected chi connectivity index (χ0v) is 15.5. The van der Waals surface area contributed by atoms with Gasteiger partial charge in [-0.05, 0) is 36.1 Å². The molecule has 0 saturated carbocycles. The lowest BCUT2D eigenvalue weighted by molar-refractivity contribution is -0.137. The Hall–Kier alpha value is -2.57. The molecule has 0 heterocycles. The van der Waals surface area contributed by atoms with Crippen LogP contribution in [0.25, 0.3) is 0 Å². The molecule has 2 aromatic rings. The largest absolute Gasteiger partial charge is 0.481 e. The second-order valence-corrected chi connectivity index (χ2v) is 6.68. The van der Waals surface area contributed by atoms with Gasteiger partial charge in [0, 0.05) is 24.0 Å². The molecule has 0 aliphatic heterocycles. The summed E-state index contributed by atoms with van der Waals surface area (Å²) >= 11 is 5.82. The fraction of sp³-hybridized carbons (Fsp3) is 0.300. The van der Waals surface area contributed by atoms with E-state index in [0.29, 0.717) is 23.4 Å². The molecule has 6 nitrogen and oxygen atoms in total. The van der Waals surface area contributed by atoms with E-state index in [0.717, 1.165) is 5.56 Å². The summed E-state index contributed by atoms with van der Waals surface area (Å²) < 4.78 is 0. The van der Waals surface area contributed by atoms with Crippen LogP contribution in [0.2, 0.25) is 5.02 Å². The van der Waals surface area contributed by atoms with Crippen molar-refractivity contribution in [3.05, 3.63) is 70.7 Å². The molecule has 2 atom stereocenters. The van der Waals surface area contributed by atoms with Gasteiger partial charge in [-0.15, -0.1) is 0 Å². The summed E-state index contributed by atoms with van der Waals surface area (Å²) in [6.07, 6.45) is -0.0521. The van der Waals surface area contributed by atoms with Gasteiger partial charge < -0.3 is 20.8 Å². The SMILES string of the molecule is O=C(O)CCC(Cc1ccccc1)NC(=O)NC[C@H](O)c1ccc(Cl)cc1. The predicted octanol–water partition coefficient (Wildman–Crippen LogP) is 3.15. The van der Waals surface area contributed by atoms with Crippen LogP contribution in [-0.4, -0.2) is 34.8 Å². The van der Waals surface area contributed by atoms with Crippen molar-refractivity contribution in [1.82, 2.24) is 10.6 Å². The second-order valence-electron chi connectivity index (χ2n) is 6.24.